The van der Waals surface area contributed by atoms with Gasteiger partial charge in [0.05, 0.1) is 6.61 Å². The van der Waals surface area contributed by atoms with E-state index >= 15 is 0 Å². The maximum atomic E-state index is 12.3. The van der Waals surface area contributed by atoms with Crippen molar-refractivity contribution < 1.29 is 24.2 Å². The Morgan fingerprint density at radius 3 is 1.05 bits per heavy atom. The minimum absolute atomic E-state index is 0.0690. The van der Waals surface area contributed by atoms with Crippen LogP contribution in [0.25, 0.3) is 0 Å². The molecule has 1 unspecified atom stereocenters. The Morgan fingerprint density at radius 2 is 0.694 bits per heavy atom. The molecular weight excluding hydrogens is 765 g/mol. The second kappa shape index (κ2) is 52.7. The first kappa shape index (κ1) is 59.3. The summed E-state index contributed by atoms with van der Waals surface area (Å²) in [7, 11) is 0. The number of ether oxygens (including phenoxy) is 2. The molecule has 0 saturated carbocycles. The molecule has 5 nitrogen and oxygen atoms in total. The smallest absolute Gasteiger partial charge is 0.306 e. The number of rotatable bonds is 48. The average Bonchev–Trinajstić information content (AvgIpc) is 3.28. The number of carbonyl (C=O) groups is 2. The van der Waals surface area contributed by atoms with Gasteiger partial charge in [-0.3, -0.25) is 9.59 Å². The van der Waals surface area contributed by atoms with Crippen LogP contribution in [0.5, 0.6) is 0 Å². The third kappa shape index (κ3) is 50.0. The van der Waals surface area contributed by atoms with Crippen molar-refractivity contribution >= 4 is 11.9 Å². The van der Waals surface area contributed by atoms with Crippen molar-refractivity contribution in [1.29, 1.82) is 0 Å². The van der Waals surface area contributed by atoms with Crippen LogP contribution < -0.4 is 0 Å². The molecule has 0 fully saturated rings. The van der Waals surface area contributed by atoms with Gasteiger partial charge in [0.25, 0.3) is 0 Å². The second-order valence-corrected chi connectivity index (χ2v) is 17.6. The van der Waals surface area contributed by atoms with Gasteiger partial charge in [0, 0.05) is 12.8 Å². The maximum Gasteiger partial charge on any atom is 0.306 e. The van der Waals surface area contributed by atoms with Crippen molar-refractivity contribution in [1.82, 2.24) is 0 Å². The quantitative estimate of drug-likeness (QED) is 0.0375. The van der Waals surface area contributed by atoms with Crippen LogP contribution in [0.1, 0.15) is 258 Å². The zero-order valence-corrected chi connectivity index (χ0v) is 40.9. The molecule has 0 aromatic rings. The number of hydrogen-bond donors (Lipinski definition) is 1. The normalized spacial score (nSPS) is 12.8. The predicted molar refractivity (Wildman–Crippen MR) is 270 cm³/mol. The number of aliphatic hydroxyl groups is 1. The van der Waals surface area contributed by atoms with E-state index in [0.717, 1.165) is 83.5 Å². The number of carbonyl (C=O) groups excluding carboxylic acids is 2. The van der Waals surface area contributed by atoms with Crippen molar-refractivity contribution in [2.75, 3.05) is 13.2 Å². The number of esters is 2. The highest BCUT2D eigenvalue weighted by Gasteiger charge is 2.16. The van der Waals surface area contributed by atoms with E-state index in [9.17, 15) is 14.7 Å². The first-order valence-corrected chi connectivity index (χ1v) is 26.5. The third-order valence-corrected chi connectivity index (χ3v) is 11.5. The Hall–Kier alpha value is -2.66. The standard InChI is InChI=1S/C57H100O5/c1-3-5-7-9-11-13-15-17-19-21-23-25-26-27-28-29-30-32-34-36-38-40-42-44-46-48-50-52-57(60)62-55(53-58)54-61-56(59)51-49-47-45-43-41-39-37-35-33-31-24-22-20-18-16-14-12-10-8-6-4-2/h5,7,11,13,17,19,23,25,27-28,30,32,55,58H,3-4,6,8-10,12,14-16,18,20-22,24,26,29,31,33-54H2,1-2H3/b7-5-,13-11-,19-17-,25-23-,28-27-,32-30-. The van der Waals surface area contributed by atoms with E-state index in [4.69, 9.17) is 9.47 Å². The van der Waals surface area contributed by atoms with Crippen LogP contribution in [-0.4, -0.2) is 36.4 Å². The molecule has 0 amide bonds. The highest BCUT2D eigenvalue weighted by molar-refractivity contribution is 5.70. The molecule has 0 saturated heterocycles. The summed E-state index contributed by atoms with van der Waals surface area (Å²) in [6, 6.07) is 0. The summed E-state index contributed by atoms with van der Waals surface area (Å²) in [6.45, 7) is 4.05. The van der Waals surface area contributed by atoms with E-state index in [-0.39, 0.29) is 25.2 Å². The maximum absolute atomic E-state index is 12.3. The molecule has 0 radical (unpaired) electrons. The van der Waals surface area contributed by atoms with Crippen LogP contribution in [0.2, 0.25) is 0 Å². The van der Waals surface area contributed by atoms with E-state index in [0.29, 0.717) is 12.8 Å². The lowest BCUT2D eigenvalue weighted by molar-refractivity contribution is -0.161. The van der Waals surface area contributed by atoms with Gasteiger partial charge in [0.15, 0.2) is 6.10 Å². The highest BCUT2D eigenvalue weighted by atomic mass is 16.6. The Morgan fingerprint density at radius 1 is 0.387 bits per heavy atom. The molecule has 62 heavy (non-hydrogen) atoms. The van der Waals surface area contributed by atoms with Crippen LogP contribution in [-0.2, 0) is 19.1 Å². The lowest BCUT2D eigenvalue weighted by atomic mass is 10.0. The van der Waals surface area contributed by atoms with Gasteiger partial charge in [-0.2, -0.15) is 0 Å². The van der Waals surface area contributed by atoms with Crippen molar-refractivity contribution in [2.45, 2.75) is 264 Å². The molecule has 0 aromatic carbocycles. The van der Waals surface area contributed by atoms with E-state index < -0.39 is 6.10 Å². The number of aliphatic hydroxyl groups excluding tert-OH is 1. The zero-order chi connectivity index (χ0) is 44.9. The van der Waals surface area contributed by atoms with E-state index in [1.54, 1.807) is 0 Å². The highest BCUT2D eigenvalue weighted by Crippen LogP contribution is 2.16. The van der Waals surface area contributed by atoms with Crippen molar-refractivity contribution in [3.8, 4) is 0 Å². The van der Waals surface area contributed by atoms with Crippen LogP contribution >= 0.6 is 0 Å². The summed E-state index contributed by atoms with van der Waals surface area (Å²) in [6.07, 6.45) is 71.4. The fourth-order valence-corrected chi connectivity index (χ4v) is 7.56. The molecule has 0 heterocycles. The Labute approximate surface area is 384 Å². The fraction of sp³-hybridized carbons (Fsp3) is 0.754. The van der Waals surface area contributed by atoms with Crippen molar-refractivity contribution in [3.05, 3.63) is 72.9 Å². The van der Waals surface area contributed by atoms with Gasteiger partial charge < -0.3 is 14.6 Å². The average molecular weight is 865 g/mol. The topological polar surface area (TPSA) is 72.8 Å². The molecule has 5 heteroatoms. The van der Waals surface area contributed by atoms with Gasteiger partial charge in [-0.1, -0.05) is 254 Å². The summed E-state index contributed by atoms with van der Waals surface area (Å²) < 4.78 is 10.7. The predicted octanol–water partition coefficient (Wildman–Crippen LogP) is 17.6. The molecule has 358 valence electrons. The Balaban J connectivity index is 3.53. The summed E-state index contributed by atoms with van der Waals surface area (Å²) in [5.74, 6) is -0.593. The van der Waals surface area contributed by atoms with Gasteiger partial charge in [0.1, 0.15) is 6.61 Å². The molecule has 0 spiro atoms. The molecular formula is C57H100O5. The molecule has 0 aromatic heterocycles. The van der Waals surface area contributed by atoms with Crippen LogP contribution in [0.4, 0.5) is 0 Å². The molecule has 1 N–H and O–H groups in total. The SMILES string of the molecule is CC/C=C\C/C=C\C/C=C\C/C=C\C/C=C\C/C=C\CCCCCCCCCCC(=O)OC(CO)COC(=O)CCCCCCCCCCCCCCCCCCCCCCC. The molecule has 1 atom stereocenters. The van der Waals surface area contributed by atoms with Gasteiger partial charge in [-0.25, -0.2) is 0 Å². The second-order valence-electron chi connectivity index (χ2n) is 17.6. The Bertz CT molecular complexity index is 1110. The molecule has 0 aliphatic carbocycles. The van der Waals surface area contributed by atoms with Gasteiger partial charge in [0.2, 0.25) is 0 Å². The van der Waals surface area contributed by atoms with Crippen molar-refractivity contribution in [2.24, 2.45) is 0 Å². The first-order chi connectivity index (χ1) is 30.6. The molecule has 0 aliphatic heterocycles. The molecule has 0 bridgehead atoms. The van der Waals surface area contributed by atoms with Crippen LogP contribution in [0.3, 0.4) is 0 Å². The Kier molecular flexibility index (Phi) is 50.4. The van der Waals surface area contributed by atoms with Crippen LogP contribution in [0, 0.1) is 0 Å². The third-order valence-electron chi connectivity index (χ3n) is 11.5. The van der Waals surface area contributed by atoms with Crippen molar-refractivity contribution in [3.63, 3.8) is 0 Å². The van der Waals surface area contributed by atoms with Crippen LogP contribution in [0.15, 0.2) is 72.9 Å². The lowest BCUT2D eigenvalue weighted by Gasteiger charge is -2.15. The zero-order valence-electron chi connectivity index (χ0n) is 40.9. The summed E-state index contributed by atoms with van der Waals surface area (Å²) in [5.41, 5.74) is 0. The number of allylic oxidation sites excluding steroid dienone is 12. The van der Waals surface area contributed by atoms with E-state index in [2.05, 4.69) is 86.8 Å². The monoisotopic (exact) mass is 865 g/mol. The van der Waals surface area contributed by atoms with Gasteiger partial charge >= 0.3 is 11.9 Å². The lowest BCUT2D eigenvalue weighted by Crippen LogP contribution is -2.28. The van der Waals surface area contributed by atoms with Gasteiger partial charge in [-0.05, 0) is 64.2 Å². The largest absolute Gasteiger partial charge is 0.462 e. The summed E-state index contributed by atoms with van der Waals surface area (Å²) in [4.78, 5) is 24.5. The minimum Gasteiger partial charge on any atom is -0.462 e. The van der Waals surface area contributed by atoms with Gasteiger partial charge in [-0.15, -0.1) is 0 Å². The minimum atomic E-state index is -0.779. The van der Waals surface area contributed by atoms with E-state index in [1.807, 2.05) is 0 Å². The summed E-state index contributed by atoms with van der Waals surface area (Å²) >= 11 is 0. The fourth-order valence-electron chi connectivity index (χ4n) is 7.56. The first-order valence-electron chi connectivity index (χ1n) is 26.5. The summed E-state index contributed by atoms with van der Waals surface area (Å²) in [5, 5.41) is 9.64. The number of unbranched alkanes of at least 4 members (excludes halogenated alkanes) is 28. The molecule has 0 rings (SSSR count). The van der Waals surface area contributed by atoms with E-state index in [1.165, 1.54) is 148 Å². The number of hydrogen-bond acceptors (Lipinski definition) is 5. The molecule has 0 aliphatic rings.